The molecule has 46 heavy (non-hydrogen) atoms. The summed E-state index contributed by atoms with van der Waals surface area (Å²) in [5.41, 5.74) is 0. The van der Waals surface area contributed by atoms with Crippen LogP contribution in [0.1, 0.15) is 168 Å². The van der Waals surface area contributed by atoms with Crippen LogP contribution in [0.4, 0.5) is 0 Å². The van der Waals surface area contributed by atoms with E-state index < -0.39 is 20.0 Å². The minimum atomic E-state index is -4.57. The first-order valence-electron chi connectivity index (χ1n) is 19.1. The molecular weight excluding hydrogens is 599 g/mol. The Hall–Kier alpha value is -0.760. The summed E-state index contributed by atoms with van der Waals surface area (Å²) < 4.78 is 23.0. The Kier molecular flexibility index (Phi) is 29.8. The zero-order chi connectivity index (χ0) is 34.4. The number of nitrogens with one attached hydrogen (secondary N) is 1. The third kappa shape index (κ3) is 31.8. The highest BCUT2D eigenvalue weighted by Crippen LogP contribution is 2.38. The van der Waals surface area contributed by atoms with E-state index in [1.807, 2.05) is 27.2 Å². The number of hydrogen-bond acceptors (Lipinski definition) is 6. The van der Waals surface area contributed by atoms with Gasteiger partial charge in [-0.25, -0.2) is 0 Å². The molecule has 0 aliphatic rings. The van der Waals surface area contributed by atoms with Gasteiger partial charge in [-0.05, 0) is 19.3 Å². The van der Waals surface area contributed by atoms with Crippen LogP contribution < -0.4 is 10.2 Å². The van der Waals surface area contributed by atoms with Gasteiger partial charge < -0.3 is 28.8 Å². The van der Waals surface area contributed by atoms with Gasteiger partial charge >= 0.3 is 0 Å². The fraction of sp³-hybridized carbons (Fsp3) is 0.919. The van der Waals surface area contributed by atoms with Crippen LogP contribution in [0, 0.1) is 0 Å². The number of phosphoric ester groups is 1. The van der Waals surface area contributed by atoms with Crippen molar-refractivity contribution in [2.75, 3.05) is 40.9 Å². The number of rotatable bonds is 34. The summed E-state index contributed by atoms with van der Waals surface area (Å²) in [6.45, 7) is 4.61. The van der Waals surface area contributed by atoms with Crippen LogP contribution in [-0.4, -0.2) is 68.5 Å². The molecule has 0 fully saturated rings. The third-order valence-electron chi connectivity index (χ3n) is 8.50. The second-order valence-corrected chi connectivity index (χ2v) is 15.7. The molecule has 0 spiro atoms. The van der Waals surface area contributed by atoms with Crippen molar-refractivity contribution in [3.8, 4) is 0 Å². The molecule has 0 saturated carbocycles. The fourth-order valence-corrected chi connectivity index (χ4v) is 6.11. The highest BCUT2D eigenvalue weighted by Gasteiger charge is 2.23. The van der Waals surface area contributed by atoms with E-state index in [1.165, 1.54) is 109 Å². The van der Waals surface area contributed by atoms with Crippen molar-refractivity contribution >= 4 is 13.7 Å². The normalized spacial score (nSPS) is 14.8. The van der Waals surface area contributed by atoms with Gasteiger partial charge in [0.25, 0.3) is 7.82 Å². The molecule has 274 valence electrons. The molecule has 8 nitrogen and oxygen atoms in total. The Labute approximate surface area is 284 Å². The van der Waals surface area contributed by atoms with Gasteiger partial charge in [-0.3, -0.25) is 9.36 Å². The number of amides is 1. The topological polar surface area (TPSA) is 108 Å². The molecule has 0 aliphatic heterocycles. The molecule has 0 rings (SSSR count). The lowest BCUT2D eigenvalue weighted by molar-refractivity contribution is -0.870. The van der Waals surface area contributed by atoms with Crippen molar-refractivity contribution in [1.29, 1.82) is 0 Å². The van der Waals surface area contributed by atoms with E-state index >= 15 is 0 Å². The van der Waals surface area contributed by atoms with E-state index in [2.05, 4.69) is 19.2 Å². The lowest BCUT2D eigenvalue weighted by Crippen LogP contribution is -2.45. The first-order chi connectivity index (χ1) is 22.0. The van der Waals surface area contributed by atoms with Crippen molar-refractivity contribution in [3.63, 3.8) is 0 Å². The van der Waals surface area contributed by atoms with Crippen molar-refractivity contribution in [3.05, 3.63) is 12.2 Å². The summed E-state index contributed by atoms with van der Waals surface area (Å²) in [6.07, 6.45) is 31.0. The average molecular weight is 675 g/mol. The van der Waals surface area contributed by atoms with Gasteiger partial charge in [0.1, 0.15) is 13.2 Å². The molecule has 0 aliphatic carbocycles. The Morgan fingerprint density at radius 1 is 0.739 bits per heavy atom. The molecule has 1 amide bonds. The van der Waals surface area contributed by atoms with Gasteiger partial charge in [-0.2, -0.15) is 0 Å². The fourth-order valence-electron chi connectivity index (χ4n) is 5.39. The molecule has 0 bridgehead atoms. The maximum atomic E-state index is 12.7. The molecule has 0 aromatic rings. The lowest BCUT2D eigenvalue weighted by Gasteiger charge is -2.29. The zero-order valence-corrected chi connectivity index (χ0v) is 31.7. The molecule has 1 unspecified atom stereocenters. The van der Waals surface area contributed by atoms with Crippen molar-refractivity contribution in [2.45, 2.75) is 180 Å². The number of carbonyl (C=O) groups excluding carboxylic acids is 1. The van der Waals surface area contributed by atoms with Gasteiger partial charge in [0, 0.05) is 6.42 Å². The van der Waals surface area contributed by atoms with Crippen LogP contribution in [0.2, 0.25) is 0 Å². The van der Waals surface area contributed by atoms with Crippen LogP contribution in [0.25, 0.3) is 0 Å². The maximum Gasteiger partial charge on any atom is 0.268 e. The molecule has 0 saturated heterocycles. The summed E-state index contributed by atoms with van der Waals surface area (Å²) in [5, 5.41) is 13.7. The smallest absolute Gasteiger partial charge is 0.268 e. The third-order valence-corrected chi connectivity index (χ3v) is 9.46. The van der Waals surface area contributed by atoms with Crippen LogP contribution in [0.5, 0.6) is 0 Å². The Balaban J connectivity index is 4.49. The highest BCUT2D eigenvalue weighted by molar-refractivity contribution is 7.45. The minimum Gasteiger partial charge on any atom is -0.756 e. The SMILES string of the molecule is CCCCCCCCCC/C=C/[C@@H](O)[C@H](COP(=O)([O-])OCC[N+](C)(C)C)NC(=O)CCCCCCCCCCCCCCCC. The summed E-state index contributed by atoms with van der Waals surface area (Å²) in [5.74, 6) is -0.199. The average Bonchev–Trinajstić information content (AvgIpc) is 2.99. The number of allylic oxidation sites excluding steroid dienone is 1. The quantitative estimate of drug-likeness (QED) is 0.0305. The van der Waals surface area contributed by atoms with Crippen LogP contribution in [0.3, 0.4) is 0 Å². The predicted molar refractivity (Wildman–Crippen MR) is 192 cm³/mol. The second kappa shape index (κ2) is 30.3. The number of aliphatic hydroxyl groups excluding tert-OH is 1. The monoisotopic (exact) mass is 675 g/mol. The molecule has 0 heterocycles. The highest BCUT2D eigenvalue weighted by atomic mass is 31.2. The van der Waals surface area contributed by atoms with Gasteiger partial charge in [0.15, 0.2) is 0 Å². The Morgan fingerprint density at radius 3 is 1.63 bits per heavy atom. The lowest BCUT2D eigenvalue weighted by atomic mass is 10.0. The van der Waals surface area contributed by atoms with Crippen LogP contribution in [-0.2, 0) is 18.4 Å². The number of quaternary nitrogens is 1. The number of hydrogen-bond donors (Lipinski definition) is 2. The van der Waals surface area contributed by atoms with E-state index in [0.29, 0.717) is 17.4 Å². The van der Waals surface area contributed by atoms with Gasteiger partial charge in [0.05, 0.1) is 39.9 Å². The van der Waals surface area contributed by atoms with E-state index in [1.54, 1.807) is 6.08 Å². The number of carbonyl (C=O) groups is 1. The molecule has 0 aromatic carbocycles. The van der Waals surface area contributed by atoms with Crippen LogP contribution in [0.15, 0.2) is 12.2 Å². The molecular formula is C37H75N2O6P. The zero-order valence-electron chi connectivity index (χ0n) is 30.8. The van der Waals surface area contributed by atoms with E-state index in [9.17, 15) is 19.4 Å². The molecule has 0 aromatic heterocycles. The van der Waals surface area contributed by atoms with Gasteiger partial charge in [-0.1, -0.05) is 154 Å². The molecule has 0 radical (unpaired) electrons. The van der Waals surface area contributed by atoms with Crippen LogP contribution >= 0.6 is 7.82 Å². The molecule has 3 atom stereocenters. The van der Waals surface area contributed by atoms with Crippen molar-refractivity contribution in [1.82, 2.24) is 5.32 Å². The Bertz CT molecular complexity index is 773. The number of nitrogens with zero attached hydrogens (tertiary/aromatic N) is 1. The maximum absolute atomic E-state index is 12.7. The van der Waals surface area contributed by atoms with E-state index in [-0.39, 0.29) is 19.1 Å². The molecule has 2 N–H and O–H groups in total. The first-order valence-corrected chi connectivity index (χ1v) is 20.5. The largest absolute Gasteiger partial charge is 0.756 e. The minimum absolute atomic E-state index is 0.00148. The van der Waals surface area contributed by atoms with Gasteiger partial charge in [0.2, 0.25) is 5.91 Å². The predicted octanol–water partition coefficient (Wildman–Crippen LogP) is 9.00. The summed E-state index contributed by atoms with van der Waals surface area (Å²) in [4.78, 5) is 25.1. The van der Waals surface area contributed by atoms with E-state index in [4.69, 9.17) is 9.05 Å². The summed E-state index contributed by atoms with van der Waals surface area (Å²) in [7, 11) is 1.26. The number of unbranched alkanes of at least 4 members (excludes halogenated alkanes) is 21. The number of aliphatic hydroxyl groups is 1. The second-order valence-electron chi connectivity index (χ2n) is 14.3. The number of likely N-dealkylation sites (N-methyl/N-ethyl adjacent to an activating group) is 1. The molecule has 9 heteroatoms. The first kappa shape index (κ1) is 45.2. The number of phosphoric acid groups is 1. The van der Waals surface area contributed by atoms with Gasteiger partial charge in [-0.15, -0.1) is 0 Å². The van der Waals surface area contributed by atoms with Crippen molar-refractivity contribution in [2.24, 2.45) is 0 Å². The van der Waals surface area contributed by atoms with E-state index in [0.717, 1.165) is 38.5 Å². The van der Waals surface area contributed by atoms with Crippen molar-refractivity contribution < 1.29 is 32.9 Å². The summed E-state index contributed by atoms with van der Waals surface area (Å²) in [6, 6.07) is -0.877. The summed E-state index contributed by atoms with van der Waals surface area (Å²) >= 11 is 0. The standard InChI is InChI=1S/C37H75N2O6P/c1-6-8-10-12-14-16-18-19-20-21-23-25-27-29-31-37(41)38-35(34-45-46(42,43)44-33-32-39(3,4)5)36(40)30-28-26-24-22-17-15-13-11-9-7-2/h28,30,35-36,40H,6-27,29,31-34H2,1-5H3,(H-,38,41,42,43)/b30-28+/t35-,36+/m0/s1. The Morgan fingerprint density at radius 2 is 1.17 bits per heavy atom.